The highest BCUT2D eigenvalue weighted by atomic mass is 32.2. The summed E-state index contributed by atoms with van der Waals surface area (Å²) in [6.07, 6.45) is 0. The van der Waals surface area contributed by atoms with Gasteiger partial charge in [0, 0.05) is 0 Å². The molecule has 1 amide bonds. The minimum Gasteiger partial charge on any atom is -0.484 e. The van der Waals surface area contributed by atoms with Gasteiger partial charge in [-0.15, -0.1) is 0 Å². The minimum atomic E-state index is -3.74. The molecular formula is C27H32N2O4S. The lowest BCUT2D eigenvalue weighted by Gasteiger charge is -2.18. The molecule has 2 N–H and O–H groups in total. The van der Waals surface area contributed by atoms with Gasteiger partial charge in [-0.3, -0.25) is 9.52 Å². The monoisotopic (exact) mass is 480 g/mol. The quantitative estimate of drug-likeness (QED) is 0.459. The Balaban J connectivity index is 1.59. The topological polar surface area (TPSA) is 84.5 Å². The molecule has 180 valence electrons. The summed E-state index contributed by atoms with van der Waals surface area (Å²) in [6, 6.07) is 15.7. The maximum absolute atomic E-state index is 12.8. The van der Waals surface area contributed by atoms with Gasteiger partial charge < -0.3 is 10.1 Å². The predicted molar refractivity (Wildman–Crippen MR) is 136 cm³/mol. The van der Waals surface area contributed by atoms with E-state index in [-0.39, 0.29) is 23.5 Å². The van der Waals surface area contributed by atoms with E-state index in [1.54, 1.807) is 18.2 Å². The number of anilines is 1. The Morgan fingerprint density at radius 2 is 1.50 bits per heavy atom. The number of nitrogens with one attached hydrogen (secondary N) is 2. The van der Waals surface area contributed by atoms with Gasteiger partial charge in [0.15, 0.2) is 6.61 Å². The SMILES string of the molecule is Cc1ccc(C)c(NS(=O)(=O)c2ccc(OCC(=O)N[C@@H](C)c3cc(C)c(C)cc3C)cc2)c1. The van der Waals surface area contributed by atoms with E-state index in [2.05, 4.69) is 36.0 Å². The molecule has 0 aliphatic rings. The van der Waals surface area contributed by atoms with Crippen molar-refractivity contribution in [3.05, 3.63) is 88.0 Å². The van der Waals surface area contributed by atoms with Crippen molar-refractivity contribution in [2.24, 2.45) is 0 Å². The van der Waals surface area contributed by atoms with Crippen LogP contribution in [0.5, 0.6) is 5.75 Å². The van der Waals surface area contributed by atoms with Crippen molar-refractivity contribution < 1.29 is 17.9 Å². The van der Waals surface area contributed by atoms with Crippen LogP contribution >= 0.6 is 0 Å². The standard InChI is InChI=1S/C27H32N2O4S/c1-17-7-8-18(2)26(13-17)29-34(31,32)24-11-9-23(10-12-24)33-16-27(30)28-22(6)25-15-20(4)19(3)14-21(25)5/h7-15,22,29H,16H2,1-6H3,(H,28,30)/t22-/m0/s1. The summed E-state index contributed by atoms with van der Waals surface area (Å²) in [7, 11) is -3.74. The summed E-state index contributed by atoms with van der Waals surface area (Å²) < 4.78 is 33.7. The Morgan fingerprint density at radius 3 is 2.18 bits per heavy atom. The van der Waals surface area contributed by atoms with Crippen LogP contribution in [0.25, 0.3) is 0 Å². The average molecular weight is 481 g/mol. The second kappa shape index (κ2) is 10.3. The maximum Gasteiger partial charge on any atom is 0.261 e. The van der Waals surface area contributed by atoms with Crippen molar-refractivity contribution in [2.75, 3.05) is 11.3 Å². The summed E-state index contributed by atoms with van der Waals surface area (Å²) in [5.74, 6) is 0.161. The van der Waals surface area contributed by atoms with E-state index in [0.717, 1.165) is 22.3 Å². The number of rotatable bonds is 8. The molecule has 6 nitrogen and oxygen atoms in total. The van der Waals surface area contributed by atoms with Crippen LogP contribution in [0.15, 0.2) is 59.5 Å². The Bertz CT molecular complexity index is 1300. The third-order valence-corrected chi connectivity index (χ3v) is 7.25. The fourth-order valence-electron chi connectivity index (χ4n) is 3.72. The summed E-state index contributed by atoms with van der Waals surface area (Å²) in [4.78, 5) is 12.5. The molecule has 0 radical (unpaired) electrons. The van der Waals surface area contributed by atoms with Gasteiger partial charge in [-0.2, -0.15) is 0 Å². The normalized spacial score (nSPS) is 12.2. The molecule has 0 bridgehead atoms. The van der Waals surface area contributed by atoms with Crippen LogP contribution in [0.2, 0.25) is 0 Å². The molecule has 7 heteroatoms. The van der Waals surface area contributed by atoms with Crippen LogP contribution in [0.1, 0.15) is 46.3 Å². The minimum absolute atomic E-state index is 0.115. The number of hydrogen-bond donors (Lipinski definition) is 2. The van der Waals surface area contributed by atoms with Gasteiger partial charge in [0.2, 0.25) is 0 Å². The van der Waals surface area contributed by atoms with Gasteiger partial charge in [-0.25, -0.2) is 8.42 Å². The van der Waals surface area contributed by atoms with Crippen molar-refractivity contribution in [2.45, 2.75) is 52.5 Å². The number of aryl methyl sites for hydroxylation is 5. The average Bonchev–Trinajstić information content (AvgIpc) is 2.77. The van der Waals surface area contributed by atoms with Gasteiger partial charge in [0.25, 0.3) is 15.9 Å². The van der Waals surface area contributed by atoms with Crippen molar-refractivity contribution in [3.8, 4) is 5.75 Å². The van der Waals surface area contributed by atoms with Crippen LogP contribution in [-0.2, 0) is 14.8 Å². The van der Waals surface area contributed by atoms with E-state index >= 15 is 0 Å². The van der Waals surface area contributed by atoms with Gasteiger partial charge in [0.1, 0.15) is 5.75 Å². The van der Waals surface area contributed by atoms with Gasteiger partial charge in [-0.05, 0) is 105 Å². The van der Waals surface area contributed by atoms with Crippen LogP contribution in [0, 0.1) is 34.6 Å². The molecule has 0 aliphatic carbocycles. The predicted octanol–water partition coefficient (Wildman–Crippen LogP) is 5.29. The summed E-state index contributed by atoms with van der Waals surface area (Å²) in [6.45, 7) is 11.7. The number of carbonyl (C=O) groups excluding carboxylic acids is 1. The van der Waals surface area contributed by atoms with Crippen molar-refractivity contribution in [1.29, 1.82) is 0 Å². The Hall–Kier alpha value is -3.32. The molecular weight excluding hydrogens is 448 g/mol. The smallest absolute Gasteiger partial charge is 0.261 e. The number of benzene rings is 3. The fraction of sp³-hybridized carbons (Fsp3) is 0.296. The van der Waals surface area contributed by atoms with Crippen molar-refractivity contribution in [1.82, 2.24) is 5.32 Å². The highest BCUT2D eigenvalue weighted by Crippen LogP contribution is 2.23. The maximum atomic E-state index is 12.8. The molecule has 0 aliphatic heterocycles. The fourth-order valence-corrected chi connectivity index (χ4v) is 4.85. The number of carbonyl (C=O) groups is 1. The zero-order valence-electron chi connectivity index (χ0n) is 20.5. The first-order chi connectivity index (χ1) is 16.0. The van der Waals surface area contributed by atoms with E-state index in [4.69, 9.17) is 4.74 Å². The van der Waals surface area contributed by atoms with Gasteiger partial charge in [-0.1, -0.05) is 24.3 Å². The Labute approximate surface area is 202 Å². The first-order valence-corrected chi connectivity index (χ1v) is 12.6. The van der Waals surface area contributed by atoms with E-state index in [1.165, 1.54) is 23.3 Å². The molecule has 3 rings (SSSR count). The van der Waals surface area contributed by atoms with Crippen LogP contribution in [0.3, 0.4) is 0 Å². The summed E-state index contributed by atoms with van der Waals surface area (Å²) in [5.41, 5.74) is 6.95. The van der Waals surface area contributed by atoms with Gasteiger partial charge in [0.05, 0.1) is 16.6 Å². The highest BCUT2D eigenvalue weighted by molar-refractivity contribution is 7.92. The van der Waals surface area contributed by atoms with Crippen molar-refractivity contribution in [3.63, 3.8) is 0 Å². The molecule has 0 saturated heterocycles. The van der Waals surface area contributed by atoms with E-state index in [1.807, 2.05) is 39.8 Å². The highest BCUT2D eigenvalue weighted by Gasteiger charge is 2.17. The number of amides is 1. The second-order valence-corrected chi connectivity index (χ2v) is 10.4. The molecule has 0 spiro atoms. The second-order valence-electron chi connectivity index (χ2n) is 8.77. The first-order valence-electron chi connectivity index (χ1n) is 11.2. The molecule has 3 aromatic carbocycles. The Morgan fingerprint density at radius 1 is 0.853 bits per heavy atom. The van der Waals surface area contributed by atoms with E-state index in [0.29, 0.717) is 11.4 Å². The van der Waals surface area contributed by atoms with Crippen molar-refractivity contribution >= 4 is 21.6 Å². The van der Waals surface area contributed by atoms with E-state index < -0.39 is 10.0 Å². The lowest BCUT2D eigenvalue weighted by Crippen LogP contribution is -2.31. The molecule has 0 saturated carbocycles. The molecule has 0 heterocycles. The molecule has 0 fully saturated rings. The van der Waals surface area contributed by atoms with E-state index in [9.17, 15) is 13.2 Å². The Kier molecular flexibility index (Phi) is 7.67. The molecule has 34 heavy (non-hydrogen) atoms. The lowest BCUT2D eigenvalue weighted by molar-refractivity contribution is -0.123. The number of hydrogen-bond acceptors (Lipinski definition) is 4. The number of sulfonamides is 1. The molecule has 0 aromatic heterocycles. The number of ether oxygens (including phenoxy) is 1. The van der Waals surface area contributed by atoms with Crippen LogP contribution < -0.4 is 14.8 Å². The zero-order chi connectivity index (χ0) is 25.0. The summed E-state index contributed by atoms with van der Waals surface area (Å²) in [5, 5.41) is 2.96. The third kappa shape index (κ3) is 6.17. The third-order valence-electron chi connectivity index (χ3n) is 5.87. The van der Waals surface area contributed by atoms with Gasteiger partial charge >= 0.3 is 0 Å². The largest absolute Gasteiger partial charge is 0.484 e. The van der Waals surface area contributed by atoms with Crippen LogP contribution in [0.4, 0.5) is 5.69 Å². The zero-order valence-corrected chi connectivity index (χ0v) is 21.3. The van der Waals surface area contributed by atoms with Crippen LogP contribution in [-0.4, -0.2) is 20.9 Å². The lowest BCUT2D eigenvalue weighted by atomic mass is 9.96. The molecule has 3 aromatic rings. The summed E-state index contributed by atoms with van der Waals surface area (Å²) >= 11 is 0. The molecule has 0 unspecified atom stereocenters. The first kappa shape index (κ1) is 25.3. The molecule has 1 atom stereocenters.